The predicted molar refractivity (Wildman–Crippen MR) is 84.9 cm³/mol. The fraction of sp³-hybridized carbons (Fsp3) is 0.278. The van der Waals surface area contributed by atoms with Gasteiger partial charge in [0, 0.05) is 12.1 Å². The lowest BCUT2D eigenvalue weighted by atomic mass is 10.0. The summed E-state index contributed by atoms with van der Waals surface area (Å²) in [5.74, 6) is -1.32. The number of hydrogen-bond donors (Lipinski definition) is 2. The molecule has 22 heavy (non-hydrogen) atoms. The summed E-state index contributed by atoms with van der Waals surface area (Å²) in [7, 11) is 0. The first-order chi connectivity index (χ1) is 10.5. The molecule has 2 aromatic rings. The van der Waals surface area contributed by atoms with E-state index in [1.807, 2.05) is 50.2 Å². The van der Waals surface area contributed by atoms with Crippen molar-refractivity contribution < 1.29 is 14.3 Å². The summed E-state index contributed by atoms with van der Waals surface area (Å²) < 4.78 is 14.2. The van der Waals surface area contributed by atoms with Crippen molar-refractivity contribution in [2.45, 2.75) is 26.4 Å². The van der Waals surface area contributed by atoms with E-state index in [0.717, 1.165) is 11.1 Å². The number of halogens is 1. The van der Waals surface area contributed by atoms with Crippen molar-refractivity contribution >= 4 is 5.97 Å². The molecule has 3 nitrogen and oxygen atoms in total. The van der Waals surface area contributed by atoms with Gasteiger partial charge in [0.15, 0.2) is 0 Å². The number of carboxylic acid groups (broad SMARTS) is 1. The van der Waals surface area contributed by atoms with Crippen LogP contribution >= 0.6 is 0 Å². The summed E-state index contributed by atoms with van der Waals surface area (Å²) in [6.07, 6.45) is 0. The maximum atomic E-state index is 14.2. The van der Waals surface area contributed by atoms with Gasteiger partial charge in [-0.15, -0.1) is 0 Å². The third kappa shape index (κ3) is 3.92. The van der Waals surface area contributed by atoms with Crippen LogP contribution < -0.4 is 5.32 Å². The Morgan fingerprint density at radius 1 is 1.14 bits per heavy atom. The van der Waals surface area contributed by atoms with Crippen LogP contribution in [-0.4, -0.2) is 17.1 Å². The highest BCUT2D eigenvalue weighted by atomic mass is 19.1. The Kier molecular flexibility index (Phi) is 5.28. The number of benzene rings is 2. The number of nitrogens with one attached hydrogen (secondary N) is 1. The molecule has 0 saturated heterocycles. The summed E-state index contributed by atoms with van der Waals surface area (Å²) in [5.41, 5.74) is 2.22. The molecule has 2 rings (SSSR count). The van der Waals surface area contributed by atoms with Crippen molar-refractivity contribution in [2.24, 2.45) is 5.92 Å². The van der Waals surface area contributed by atoms with Gasteiger partial charge in [-0.3, -0.25) is 10.1 Å². The van der Waals surface area contributed by atoms with Crippen LogP contribution in [0.15, 0.2) is 48.5 Å². The van der Waals surface area contributed by atoms with Gasteiger partial charge in [-0.05, 0) is 23.1 Å². The number of hydrogen-bond acceptors (Lipinski definition) is 2. The second-order valence-corrected chi connectivity index (χ2v) is 5.61. The van der Waals surface area contributed by atoms with E-state index in [-0.39, 0.29) is 18.3 Å². The van der Waals surface area contributed by atoms with Crippen molar-refractivity contribution in [3.05, 3.63) is 59.9 Å². The molecule has 0 radical (unpaired) electrons. The molecule has 0 aromatic heterocycles. The largest absolute Gasteiger partial charge is 0.480 e. The summed E-state index contributed by atoms with van der Waals surface area (Å²) >= 11 is 0. The SMILES string of the molecule is CC(C)[C@H](NCc1ccc(-c2ccccc2)cc1F)C(=O)O. The average molecular weight is 301 g/mol. The van der Waals surface area contributed by atoms with E-state index >= 15 is 0 Å². The minimum Gasteiger partial charge on any atom is -0.480 e. The molecule has 2 N–H and O–H groups in total. The van der Waals surface area contributed by atoms with Gasteiger partial charge in [-0.1, -0.05) is 56.3 Å². The molecule has 0 aliphatic rings. The van der Waals surface area contributed by atoms with Crippen molar-refractivity contribution in [2.75, 3.05) is 0 Å². The van der Waals surface area contributed by atoms with Crippen LogP contribution in [0.1, 0.15) is 19.4 Å². The molecule has 116 valence electrons. The van der Waals surface area contributed by atoms with E-state index in [9.17, 15) is 9.18 Å². The maximum absolute atomic E-state index is 14.2. The van der Waals surface area contributed by atoms with Crippen molar-refractivity contribution in [1.29, 1.82) is 0 Å². The smallest absolute Gasteiger partial charge is 0.320 e. The van der Waals surface area contributed by atoms with Gasteiger partial charge in [0.05, 0.1) is 0 Å². The van der Waals surface area contributed by atoms with Gasteiger partial charge >= 0.3 is 5.97 Å². The molecule has 0 heterocycles. The molecule has 0 spiro atoms. The fourth-order valence-corrected chi connectivity index (χ4v) is 2.33. The average Bonchev–Trinajstić information content (AvgIpc) is 2.49. The molecule has 0 amide bonds. The van der Waals surface area contributed by atoms with Crippen LogP contribution in [0.4, 0.5) is 4.39 Å². The van der Waals surface area contributed by atoms with Crippen LogP contribution in [-0.2, 0) is 11.3 Å². The Morgan fingerprint density at radius 2 is 1.82 bits per heavy atom. The Bertz CT molecular complexity index is 641. The van der Waals surface area contributed by atoms with E-state index in [1.54, 1.807) is 6.07 Å². The van der Waals surface area contributed by atoms with E-state index in [2.05, 4.69) is 5.32 Å². The van der Waals surface area contributed by atoms with Crippen LogP contribution in [0.2, 0.25) is 0 Å². The van der Waals surface area contributed by atoms with Crippen LogP contribution in [0.5, 0.6) is 0 Å². The topological polar surface area (TPSA) is 49.3 Å². The zero-order valence-corrected chi connectivity index (χ0v) is 12.7. The highest BCUT2D eigenvalue weighted by Crippen LogP contribution is 2.21. The first-order valence-corrected chi connectivity index (χ1v) is 7.29. The second-order valence-electron chi connectivity index (χ2n) is 5.61. The molecule has 0 bridgehead atoms. The van der Waals surface area contributed by atoms with E-state index in [4.69, 9.17) is 5.11 Å². The predicted octanol–water partition coefficient (Wildman–Crippen LogP) is 3.69. The third-order valence-corrected chi connectivity index (χ3v) is 3.61. The Balaban J connectivity index is 2.12. The first kappa shape index (κ1) is 16.2. The van der Waals surface area contributed by atoms with E-state index < -0.39 is 12.0 Å². The third-order valence-electron chi connectivity index (χ3n) is 3.61. The quantitative estimate of drug-likeness (QED) is 0.855. The molecule has 0 unspecified atom stereocenters. The van der Waals surface area contributed by atoms with Gasteiger partial charge in [-0.25, -0.2) is 4.39 Å². The monoisotopic (exact) mass is 301 g/mol. The maximum Gasteiger partial charge on any atom is 0.320 e. The van der Waals surface area contributed by atoms with Gasteiger partial charge < -0.3 is 5.11 Å². The minimum atomic E-state index is -0.920. The summed E-state index contributed by atoms with van der Waals surface area (Å²) in [4.78, 5) is 11.1. The van der Waals surface area contributed by atoms with Crippen LogP contribution in [0.3, 0.4) is 0 Å². The molecule has 0 aliphatic heterocycles. The molecule has 2 aromatic carbocycles. The van der Waals surface area contributed by atoms with E-state index in [0.29, 0.717) is 5.56 Å². The van der Waals surface area contributed by atoms with Crippen molar-refractivity contribution in [3.8, 4) is 11.1 Å². The van der Waals surface area contributed by atoms with Crippen LogP contribution in [0.25, 0.3) is 11.1 Å². The number of carbonyl (C=O) groups is 1. The van der Waals surface area contributed by atoms with E-state index in [1.165, 1.54) is 6.07 Å². The lowest BCUT2D eigenvalue weighted by molar-refractivity contribution is -0.140. The standard InChI is InChI=1S/C18H20FNO2/c1-12(2)17(18(21)22)20-11-15-9-8-14(10-16(15)19)13-6-4-3-5-7-13/h3-10,12,17,20H,11H2,1-2H3,(H,21,22)/t17-/m0/s1. The molecule has 0 fully saturated rings. The summed E-state index contributed by atoms with van der Waals surface area (Å²) in [6.45, 7) is 3.83. The van der Waals surface area contributed by atoms with Gasteiger partial charge in [-0.2, -0.15) is 0 Å². The number of aliphatic carboxylic acids is 1. The molecule has 4 heteroatoms. The Morgan fingerprint density at radius 3 is 2.36 bits per heavy atom. The Labute approximate surface area is 129 Å². The van der Waals surface area contributed by atoms with Gasteiger partial charge in [0.25, 0.3) is 0 Å². The first-order valence-electron chi connectivity index (χ1n) is 7.29. The lowest BCUT2D eigenvalue weighted by Gasteiger charge is -2.18. The summed E-state index contributed by atoms with van der Waals surface area (Å²) in [5, 5.41) is 12.0. The Hall–Kier alpha value is -2.20. The van der Waals surface area contributed by atoms with Crippen molar-refractivity contribution in [1.82, 2.24) is 5.32 Å². The molecular weight excluding hydrogens is 281 g/mol. The number of rotatable bonds is 6. The molecule has 0 saturated carbocycles. The molecule has 0 aliphatic carbocycles. The van der Waals surface area contributed by atoms with Crippen LogP contribution in [0, 0.1) is 11.7 Å². The summed E-state index contributed by atoms with van der Waals surface area (Å²) in [6, 6.07) is 13.9. The van der Waals surface area contributed by atoms with Crippen molar-refractivity contribution in [3.63, 3.8) is 0 Å². The normalized spacial score (nSPS) is 12.4. The minimum absolute atomic E-state index is 0.0656. The highest BCUT2D eigenvalue weighted by Gasteiger charge is 2.20. The zero-order valence-electron chi connectivity index (χ0n) is 12.7. The number of carboxylic acids is 1. The highest BCUT2D eigenvalue weighted by molar-refractivity contribution is 5.73. The fourth-order valence-electron chi connectivity index (χ4n) is 2.33. The molecule has 1 atom stereocenters. The second kappa shape index (κ2) is 7.18. The molecular formula is C18H20FNO2. The van der Waals surface area contributed by atoms with Gasteiger partial charge in [0.2, 0.25) is 0 Å². The van der Waals surface area contributed by atoms with Gasteiger partial charge in [0.1, 0.15) is 11.9 Å². The lowest BCUT2D eigenvalue weighted by Crippen LogP contribution is -2.40. The zero-order chi connectivity index (χ0) is 16.1.